The Kier molecular flexibility index (Phi) is 5.77. The smallest absolute Gasteiger partial charge is 0.224 e. The highest BCUT2D eigenvalue weighted by molar-refractivity contribution is 5.90. The number of amides is 1. The van der Waals surface area contributed by atoms with E-state index in [0.717, 1.165) is 17.1 Å². The Morgan fingerprint density at radius 1 is 1.04 bits per heavy atom. The molecule has 1 heterocycles. The Bertz CT molecular complexity index is 787. The van der Waals surface area contributed by atoms with Crippen LogP contribution < -0.4 is 10.1 Å². The van der Waals surface area contributed by atoms with E-state index in [1.807, 2.05) is 66.9 Å². The Morgan fingerprint density at radius 3 is 2.52 bits per heavy atom. The highest BCUT2D eigenvalue weighted by Gasteiger charge is 2.05. The third kappa shape index (κ3) is 5.46. The SMILES string of the molecule is O=C(CCCn1cc(COc2ccccc2)nn1)Nc1ccccc1. The van der Waals surface area contributed by atoms with Crippen molar-refractivity contribution in [3.63, 3.8) is 0 Å². The summed E-state index contributed by atoms with van der Waals surface area (Å²) in [5, 5.41) is 11.0. The molecule has 0 aliphatic heterocycles. The van der Waals surface area contributed by atoms with Gasteiger partial charge in [0.05, 0.1) is 6.20 Å². The summed E-state index contributed by atoms with van der Waals surface area (Å²) in [5.74, 6) is 0.800. The van der Waals surface area contributed by atoms with Crippen molar-refractivity contribution in [1.82, 2.24) is 15.0 Å². The topological polar surface area (TPSA) is 69.0 Å². The molecule has 128 valence electrons. The number of nitrogens with zero attached hydrogens (tertiary/aromatic N) is 3. The van der Waals surface area contributed by atoms with Gasteiger partial charge in [0, 0.05) is 18.7 Å². The maximum absolute atomic E-state index is 11.9. The van der Waals surface area contributed by atoms with E-state index in [1.165, 1.54) is 0 Å². The van der Waals surface area contributed by atoms with Gasteiger partial charge in [-0.25, -0.2) is 0 Å². The van der Waals surface area contributed by atoms with Crippen LogP contribution in [0.2, 0.25) is 0 Å². The fourth-order valence-electron chi connectivity index (χ4n) is 2.33. The average molecular weight is 336 g/mol. The lowest BCUT2D eigenvalue weighted by atomic mass is 10.2. The highest BCUT2D eigenvalue weighted by Crippen LogP contribution is 2.10. The number of benzene rings is 2. The van der Waals surface area contributed by atoms with Crippen LogP contribution in [0.15, 0.2) is 66.9 Å². The van der Waals surface area contributed by atoms with Gasteiger partial charge in [0.25, 0.3) is 0 Å². The zero-order valence-corrected chi connectivity index (χ0v) is 13.8. The van der Waals surface area contributed by atoms with E-state index in [0.29, 0.717) is 26.0 Å². The normalized spacial score (nSPS) is 10.4. The van der Waals surface area contributed by atoms with Crippen molar-refractivity contribution in [2.45, 2.75) is 26.0 Å². The van der Waals surface area contributed by atoms with Crippen molar-refractivity contribution in [2.75, 3.05) is 5.32 Å². The summed E-state index contributed by atoms with van der Waals surface area (Å²) in [5.41, 5.74) is 1.58. The molecule has 6 nitrogen and oxygen atoms in total. The minimum Gasteiger partial charge on any atom is -0.487 e. The van der Waals surface area contributed by atoms with Crippen LogP contribution in [0.3, 0.4) is 0 Å². The van der Waals surface area contributed by atoms with E-state index in [1.54, 1.807) is 4.68 Å². The van der Waals surface area contributed by atoms with Gasteiger partial charge in [0.15, 0.2) is 0 Å². The second-order valence-corrected chi connectivity index (χ2v) is 5.59. The first-order chi connectivity index (χ1) is 12.3. The van der Waals surface area contributed by atoms with Crippen LogP contribution in [-0.4, -0.2) is 20.9 Å². The molecule has 1 N–H and O–H groups in total. The predicted octanol–water partition coefficient (Wildman–Crippen LogP) is 3.28. The molecule has 3 rings (SSSR count). The summed E-state index contributed by atoms with van der Waals surface area (Å²) in [6.07, 6.45) is 2.98. The minimum atomic E-state index is -0.000972. The lowest BCUT2D eigenvalue weighted by molar-refractivity contribution is -0.116. The molecule has 0 bridgehead atoms. The van der Waals surface area contributed by atoms with Crippen molar-refractivity contribution in [3.8, 4) is 5.75 Å². The molecule has 0 saturated heterocycles. The molecule has 0 aliphatic carbocycles. The largest absolute Gasteiger partial charge is 0.487 e. The van der Waals surface area contributed by atoms with Gasteiger partial charge in [-0.2, -0.15) is 0 Å². The predicted molar refractivity (Wildman–Crippen MR) is 95.1 cm³/mol. The molecule has 0 aliphatic rings. The second-order valence-electron chi connectivity index (χ2n) is 5.59. The van der Waals surface area contributed by atoms with Gasteiger partial charge in [-0.1, -0.05) is 41.6 Å². The fraction of sp³-hybridized carbons (Fsp3) is 0.211. The minimum absolute atomic E-state index is 0.000972. The first-order valence-corrected chi connectivity index (χ1v) is 8.21. The molecular weight excluding hydrogens is 316 g/mol. The molecule has 6 heteroatoms. The van der Waals surface area contributed by atoms with E-state index in [2.05, 4.69) is 15.6 Å². The molecule has 0 radical (unpaired) electrons. The number of carbonyl (C=O) groups is 1. The first-order valence-electron chi connectivity index (χ1n) is 8.21. The number of rotatable bonds is 8. The van der Waals surface area contributed by atoms with E-state index in [-0.39, 0.29) is 5.91 Å². The quantitative estimate of drug-likeness (QED) is 0.685. The fourth-order valence-corrected chi connectivity index (χ4v) is 2.33. The van der Waals surface area contributed by atoms with Crippen LogP contribution in [-0.2, 0) is 17.9 Å². The zero-order chi connectivity index (χ0) is 17.3. The maximum Gasteiger partial charge on any atom is 0.224 e. The van der Waals surface area contributed by atoms with Crippen molar-refractivity contribution in [2.24, 2.45) is 0 Å². The number of hydrogen-bond donors (Lipinski definition) is 1. The van der Waals surface area contributed by atoms with Crippen LogP contribution in [0.4, 0.5) is 5.69 Å². The molecule has 3 aromatic rings. The number of aryl methyl sites for hydroxylation is 1. The molecule has 0 fully saturated rings. The zero-order valence-electron chi connectivity index (χ0n) is 13.8. The molecule has 0 atom stereocenters. The van der Waals surface area contributed by atoms with Crippen molar-refractivity contribution >= 4 is 11.6 Å². The Labute approximate surface area is 146 Å². The van der Waals surface area contributed by atoms with E-state index in [9.17, 15) is 4.79 Å². The van der Waals surface area contributed by atoms with Gasteiger partial charge in [-0.3, -0.25) is 9.48 Å². The number of ether oxygens (including phenoxy) is 1. The summed E-state index contributed by atoms with van der Waals surface area (Å²) >= 11 is 0. The van der Waals surface area contributed by atoms with Crippen LogP contribution >= 0.6 is 0 Å². The molecule has 0 unspecified atom stereocenters. The number of hydrogen-bond acceptors (Lipinski definition) is 4. The molecule has 2 aromatic carbocycles. The number of aromatic nitrogens is 3. The summed E-state index contributed by atoms with van der Waals surface area (Å²) in [6.45, 7) is 1.01. The van der Waals surface area contributed by atoms with Gasteiger partial charge in [-0.05, 0) is 30.7 Å². The maximum atomic E-state index is 11.9. The molecule has 0 saturated carbocycles. The van der Waals surface area contributed by atoms with Gasteiger partial charge in [-0.15, -0.1) is 5.10 Å². The third-order valence-corrected chi connectivity index (χ3v) is 3.56. The number of nitrogens with one attached hydrogen (secondary N) is 1. The highest BCUT2D eigenvalue weighted by atomic mass is 16.5. The van der Waals surface area contributed by atoms with Gasteiger partial charge >= 0.3 is 0 Å². The monoisotopic (exact) mass is 336 g/mol. The Morgan fingerprint density at radius 2 is 1.76 bits per heavy atom. The molecule has 1 aromatic heterocycles. The van der Waals surface area contributed by atoms with Gasteiger partial charge in [0.2, 0.25) is 5.91 Å². The molecule has 0 spiro atoms. The molecule has 1 amide bonds. The van der Waals surface area contributed by atoms with Gasteiger partial charge in [0.1, 0.15) is 18.1 Å². The van der Waals surface area contributed by atoms with E-state index >= 15 is 0 Å². The van der Waals surface area contributed by atoms with Crippen molar-refractivity contribution < 1.29 is 9.53 Å². The van der Waals surface area contributed by atoms with Crippen LogP contribution in [0.25, 0.3) is 0 Å². The molecular formula is C19H20N4O2. The van der Waals surface area contributed by atoms with Gasteiger partial charge < -0.3 is 10.1 Å². The Hall–Kier alpha value is -3.15. The van der Waals surface area contributed by atoms with Crippen molar-refractivity contribution in [1.29, 1.82) is 0 Å². The molecule has 25 heavy (non-hydrogen) atoms. The third-order valence-electron chi connectivity index (χ3n) is 3.56. The standard InChI is InChI=1S/C19H20N4O2/c24-19(20-16-8-3-1-4-9-16)12-7-13-23-14-17(21-22-23)15-25-18-10-5-2-6-11-18/h1-6,8-11,14H,7,12-13,15H2,(H,20,24). The summed E-state index contributed by atoms with van der Waals surface area (Å²) < 4.78 is 7.37. The summed E-state index contributed by atoms with van der Waals surface area (Å²) in [4.78, 5) is 11.9. The number of anilines is 1. The lowest BCUT2D eigenvalue weighted by Gasteiger charge is -2.04. The van der Waals surface area contributed by atoms with Crippen LogP contribution in [0.5, 0.6) is 5.75 Å². The number of carbonyl (C=O) groups excluding carboxylic acids is 1. The van der Waals surface area contributed by atoms with Crippen molar-refractivity contribution in [3.05, 3.63) is 72.6 Å². The summed E-state index contributed by atoms with van der Waals surface area (Å²) in [7, 11) is 0. The number of para-hydroxylation sites is 2. The van der Waals surface area contributed by atoms with E-state index in [4.69, 9.17) is 4.74 Å². The van der Waals surface area contributed by atoms with Crippen LogP contribution in [0, 0.1) is 0 Å². The van der Waals surface area contributed by atoms with E-state index < -0.39 is 0 Å². The summed E-state index contributed by atoms with van der Waals surface area (Å²) in [6, 6.07) is 19.0. The lowest BCUT2D eigenvalue weighted by Crippen LogP contribution is -2.12. The Balaban J connectivity index is 1.39. The average Bonchev–Trinajstić information content (AvgIpc) is 3.09. The van der Waals surface area contributed by atoms with Crippen LogP contribution in [0.1, 0.15) is 18.5 Å². The first kappa shape index (κ1) is 16.7. The second kappa shape index (κ2) is 8.63.